The summed E-state index contributed by atoms with van der Waals surface area (Å²) in [4.78, 5) is 23.4. The first kappa shape index (κ1) is 23.5. The molecule has 0 aromatic heterocycles. The normalized spacial score (nSPS) is 14.5. The second-order valence-electron chi connectivity index (χ2n) is 7.00. The van der Waals surface area contributed by atoms with Crippen molar-refractivity contribution < 1.29 is 32.2 Å². The molecule has 32 heavy (non-hydrogen) atoms. The third-order valence-electron chi connectivity index (χ3n) is 4.72. The Bertz CT molecular complexity index is 1070. The number of benzene rings is 2. The standard InChI is InChI=1S/C21H25N3O7S/c1-29-19-7-6-17(32(27,28)24-8-10-30-11-9-24)13-18(19)23-21(26)14-31-16-4-2-15(3-5-16)12-20(22)25/h2-7,13H,8-12,14H2,1H3,(H2,22,25)(H,23,26). The van der Waals surface area contributed by atoms with Gasteiger partial charge in [-0.3, -0.25) is 9.59 Å². The van der Waals surface area contributed by atoms with Crippen molar-refractivity contribution in [2.75, 3.05) is 45.3 Å². The second-order valence-corrected chi connectivity index (χ2v) is 8.94. The zero-order chi connectivity index (χ0) is 23.1. The molecular weight excluding hydrogens is 438 g/mol. The van der Waals surface area contributed by atoms with Gasteiger partial charge in [0.05, 0.1) is 37.3 Å². The molecule has 2 aromatic rings. The molecule has 0 bridgehead atoms. The summed E-state index contributed by atoms with van der Waals surface area (Å²) in [5.41, 5.74) is 6.11. The van der Waals surface area contributed by atoms with Crippen molar-refractivity contribution in [2.45, 2.75) is 11.3 Å². The van der Waals surface area contributed by atoms with Crippen molar-refractivity contribution in [3.63, 3.8) is 0 Å². The van der Waals surface area contributed by atoms with Crippen LogP contribution in [0.4, 0.5) is 5.69 Å². The van der Waals surface area contributed by atoms with Gasteiger partial charge in [-0.25, -0.2) is 8.42 Å². The first-order valence-corrected chi connectivity index (χ1v) is 11.3. The molecule has 0 saturated carbocycles. The maximum atomic E-state index is 12.9. The van der Waals surface area contributed by atoms with Crippen molar-refractivity contribution in [1.82, 2.24) is 4.31 Å². The second kappa shape index (κ2) is 10.4. The Morgan fingerprint density at radius 1 is 1.12 bits per heavy atom. The fraction of sp³-hybridized carbons (Fsp3) is 0.333. The lowest BCUT2D eigenvalue weighted by Gasteiger charge is -2.26. The average molecular weight is 464 g/mol. The minimum absolute atomic E-state index is 0.0430. The molecule has 3 N–H and O–H groups in total. The monoisotopic (exact) mass is 463 g/mol. The molecule has 1 saturated heterocycles. The van der Waals surface area contributed by atoms with E-state index in [1.807, 2.05) is 0 Å². The summed E-state index contributed by atoms with van der Waals surface area (Å²) in [5, 5.41) is 2.63. The number of anilines is 1. The van der Waals surface area contributed by atoms with E-state index >= 15 is 0 Å². The van der Waals surface area contributed by atoms with Crippen LogP contribution in [0.2, 0.25) is 0 Å². The van der Waals surface area contributed by atoms with Crippen LogP contribution in [0.5, 0.6) is 11.5 Å². The fourth-order valence-corrected chi connectivity index (χ4v) is 4.56. The first-order chi connectivity index (χ1) is 15.3. The Kier molecular flexibility index (Phi) is 7.67. The molecule has 0 unspecified atom stereocenters. The van der Waals surface area contributed by atoms with Crippen molar-refractivity contribution in [2.24, 2.45) is 5.73 Å². The Labute approximate surface area is 186 Å². The number of carbonyl (C=O) groups is 2. The number of amides is 2. The fourth-order valence-electron chi connectivity index (χ4n) is 3.12. The number of nitrogens with one attached hydrogen (secondary N) is 1. The molecule has 172 valence electrons. The number of methoxy groups -OCH3 is 1. The molecule has 11 heteroatoms. The number of nitrogens with two attached hydrogens (primary N) is 1. The minimum Gasteiger partial charge on any atom is -0.495 e. The lowest BCUT2D eigenvalue weighted by molar-refractivity contribution is -0.118. The number of morpholine rings is 1. The van der Waals surface area contributed by atoms with Gasteiger partial charge < -0.3 is 25.3 Å². The molecule has 2 aromatic carbocycles. The number of primary amides is 1. The van der Waals surface area contributed by atoms with Crippen LogP contribution < -0.4 is 20.5 Å². The van der Waals surface area contributed by atoms with E-state index < -0.39 is 21.8 Å². The molecule has 0 aliphatic carbocycles. The molecule has 0 radical (unpaired) electrons. The molecule has 1 aliphatic rings. The van der Waals surface area contributed by atoms with Crippen LogP contribution in [0.3, 0.4) is 0 Å². The van der Waals surface area contributed by atoms with Gasteiger partial charge in [-0.1, -0.05) is 12.1 Å². The van der Waals surface area contributed by atoms with Gasteiger partial charge >= 0.3 is 0 Å². The van der Waals surface area contributed by atoms with Crippen molar-refractivity contribution >= 4 is 27.5 Å². The van der Waals surface area contributed by atoms with Crippen molar-refractivity contribution in [3.05, 3.63) is 48.0 Å². The topological polar surface area (TPSA) is 137 Å². The highest BCUT2D eigenvalue weighted by Gasteiger charge is 2.27. The molecule has 1 fully saturated rings. The van der Waals surface area contributed by atoms with Crippen molar-refractivity contribution in [3.8, 4) is 11.5 Å². The lowest BCUT2D eigenvalue weighted by atomic mass is 10.1. The van der Waals surface area contributed by atoms with Gasteiger partial charge in [0, 0.05) is 13.1 Å². The van der Waals surface area contributed by atoms with E-state index in [0.29, 0.717) is 24.7 Å². The van der Waals surface area contributed by atoms with Gasteiger partial charge in [-0.2, -0.15) is 4.31 Å². The quantitative estimate of drug-likeness (QED) is 0.560. The molecule has 0 spiro atoms. The third kappa shape index (κ3) is 5.96. The molecule has 1 aliphatic heterocycles. The molecule has 2 amide bonds. The summed E-state index contributed by atoms with van der Waals surface area (Å²) in [5.74, 6) is -0.186. The molecule has 0 atom stereocenters. The summed E-state index contributed by atoms with van der Waals surface area (Å²) in [6, 6.07) is 10.9. The molecular formula is C21H25N3O7S. The third-order valence-corrected chi connectivity index (χ3v) is 6.62. The number of hydrogen-bond donors (Lipinski definition) is 2. The number of hydrogen-bond acceptors (Lipinski definition) is 7. The van der Waals surface area contributed by atoms with Gasteiger partial charge in [-0.15, -0.1) is 0 Å². The van der Waals surface area contributed by atoms with E-state index in [9.17, 15) is 18.0 Å². The molecule has 3 rings (SSSR count). The highest BCUT2D eigenvalue weighted by molar-refractivity contribution is 7.89. The number of sulfonamides is 1. The van der Waals surface area contributed by atoms with Gasteiger partial charge in [0.15, 0.2) is 6.61 Å². The van der Waals surface area contributed by atoms with E-state index in [2.05, 4.69) is 5.32 Å². The van der Waals surface area contributed by atoms with Crippen LogP contribution in [0.15, 0.2) is 47.4 Å². The maximum absolute atomic E-state index is 12.9. The van der Waals surface area contributed by atoms with Crippen LogP contribution in [0, 0.1) is 0 Å². The van der Waals surface area contributed by atoms with E-state index in [1.54, 1.807) is 24.3 Å². The Morgan fingerprint density at radius 2 is 1.81 bits per heavy atom. The predicted molar refractivity (Wildman–Crippen MR) is 116 cm³/mol. The summed E-state index contributed by atoms with van der Waals surface area (Å²) < 4.78 is 43.0. The number of rotatable bonds is 9. The smallest absolute Gasteiger partial charge is 0.262 e. The number of carbonyl (C=O) groups excluding carboxylic acids is 2. The van der Waals surface area contributed by atoms with Crippen LogP contribution >= 0.6 is 0 Å². The van der Waals surface area contributed by atoms with Gasteiger partial charge in [0.25, 0.3) is 5.91 Å². The Morgan fingerprint density at radius 3 is 2.44 bits per heavy atom. The van der Waals surface area contributed by atoms with E-state index in [4.69, 9.17) is 19.9 Å². The lowest BCUT2D eigenvalue weighted by Crippen LogP contribution is -2.40. The zero-order valence-corrected chi connectivity index (χ0v) is 18.4. The van der Waals surface area contributed by atoms with E-state index in [-0.39, 0.29) is 36.7 Å². The molecule has 1 heterocycles. The summed E-state index contributed by atoms with van der Waals surface area (Å²) >= 11 is 0. The van der Waals surface area contributed by atoms with Crippen molar-refractivity contribution in [1.29, 1.82) is 0 Å². The van der Waals surface area contributed by atoms with Crippen LogP contribution in [-0.2, 0) is 30.8 Å². The SMILES string of the molecule is COc1ccc(S(=O)(=O)N2CCOCC2)cc1NC(=O)COc1ccc(CC(N)=O)cc1. The Balaban J connectivity index is 1.67. The highest BCUT2D eigenvalue weighted by atomic mass is 32.2. The van der Waals surface area contributed by atoms with Gasteiger partial charge in [0.2, 0.25) is 15.9 Å². The summed E-state index contributed by atoms with van der Waals surface area (Å²) in [6.45, 7) is 0.892. The van der Waals surface area contributed by atoms with Gasteiger partial charge in [-0.05, 0) is 35.9 Å². The Hall–Kier alpha value is -3.15. The first-order valence-electron chi connectivity index (χ1n) is 9.85. The van der Waals surface area contributed by atoms with Gasteiger partial charge in [0.1, 0.15) is 11.5 Å². The molecule has 10 nitrogen and oxygen atoms in total. The van der Waals surface area contributed by atoms with E-state index in [1.165, 1.54) is 29.6 Å². The summed E-state index contributed by atoms with van der Waals surface area (Å²) in [7, 11) is -2.31. The minimum atomic E-state index is -3.73. The van der Waals surface area contributed by atoms with E-state index in [0.717, 1.165) is 5.56 Å². The zero-order valence-electron chi connectivity index (χ0n) is 17.6. The largest absolute Gasteiger partial charge is 0.495 e. The highest BCUT2D eigenvalue weighted by Crippen LogP contribution is 2.29. The van der Waals surface area contributed by atoms with Crippen LogP contribution in [-0.4, -0.2) is 64.6 Å². The number of nitrogens with zero attached hydrogens (tertiary/aromatic N) is 1. The van der Waals surface area contributed by atoms with Crippen LogP contribution in [0.25, 0.3) is 0 Å². The summed E-state index contributed by atoms with van der Waals surface area (Å²) in [6.07, 6.45) is 0.115. The average Bonchev–Trinajstić information content (AvgIpc) is 2.79. The number of ether oxygens (including phenoxy) is 3. The predicted octanol–water partition coefficient (Wildman–Crippen LogP) is 0.761. The van der Waals surface area contributed by atoms with Crippen LogP contribution in [0.1, 0.15) is 5.56 Å². The maximum Gasteiger partial charge on any atom is 0.262 e.